The Morgan fingerprint density at radius 3 is 2.40 bits per heavy atom. The zero-order valence-corrected chi connectivity index (χ0v) is 10.2. The normalized spacial score (nSPS) is 19.9. The van der Waals surface area contributed by atoms with Gasteiger partial charge in [0, 0.05) is 6.42 Å². The summed E-state index contributed by atoms with van der Waals surface area (Å²) in [6, 6.07) is 0. The van der Waals surface area contributed by atoms with Gasteiger partial charge in [0.05, 0.1) is 5.54 Å². The van der Waals surface area contributed by atoms with E-state index in [9.17, 15) is 4.79 Å². The van der Waals surface area contributed by atoms with Gasteiger partial charge in [-0.1, -0.05) is 32.6 Å². The summed E-state index contributed by atoms with van der Waals surface area (Å²) < 4.78 is 0. The van der Waals surface area contributed by atoms with E-state index in [0.29, 0.717) is 12.3 Å². The van der Waals surface area contributed by atoms with Gasteiger partial charge in [-0.25, -0.2) is 0 Å². The number of nitrogens with two attached hydrogens (primary N) is 1. The van der Waals surface area contributed by atoms with Crippen LogP contribution in [0.4, 0.5) is 0 Å². The summed E-state index contributed by atoms with van der Waals surface area (Å²) in [5, 5.41) is 0. The van der Waals surface area contributed by atoms with Gasteiger partial charge in [-0.15, -0.1) is 0 Å². The van der Waals surface area contributed by atoms with E-state index in [1.165, 1.54) is 25.7 Å². The van der Waals surface area contributed by atoms with Crippen molar-refractivity contribution in [3.63, 3.8) is 0 Å². The van der Waals surface area contributed by atoms with Crippen LogP contribution in [0.1, 0.15) is 65.2 Å². The Hall–Kier alpha value is -0.370. The first-order chi connectivity index (χ1) is 7.09. The molecule has 0 aromatic heterocycles. The number of unbranched alkanes of at least 4 members (excludes halogenated alkanes) is 4. The lowest BCUT2D eigenvalue weighted by Crippen LogP contribution is -2.46. The lowest BCUT2D eigenvalue weighted by molar-refractivity contribution is -0.124. The first kappa shape index (κ1) is 12.7. The zero-order valence-electron chi connectivity index (χ0n) is 10.2. The van der Waals surface area contributed by atoms with E-state index in [-0.39, 0.29) is 5.78 Å². The third kappa shape index (κ3) is 3.94. The van der Waals surface area contributed by atoms with Crippen molar-refractivity contribution < 1.29 is 4.79 Å². The first-order valence-corrected chi connectivity index (χ1v) is 6.41. The fourth-order valence-electron chi connectivity index (χ4n) is 2.07. The topological polar surface area (TPSA) is 43.1 Å². The van der Waals surface area contributed by atoms with Crippen molar-refractivity contribution in [1.82, 2.24) is 0 Å². The SMILES string of the molecule is CCCCCCCC(=O)C(C)(N)C1CC1. The number of Topliss-reactive ketones (excluding diaryl/α,β-unsaturated/α-hetero) is 1. The van der Waals surface area contributed by atoms with E-state index in [1.54, 1.807) is 0 Å². The van der Waals surface area contributed by atoms with Crippen molar-refractivity contribution >= 4 is 5.78 Å². The molecular formula is C13H25NO. The van der Waals surface area contributed by atoms with Crippen LogP contribution in [-0.4, -0.2) is 11.3 Å². The van der Waals surface area contributed by atoms with Crippen LogP contribution in [0.15, 0.2) is 0 Å². The van der Waals surface area contributed by atoms with E-state index in [0.717, 1.165) is 19.3 Å². The smallest absolute Gasteiger partial charge is 0.152 e. The molecule has 88 valence electrons. The standard InChI is InChI=1S/C13H25NO/c1-3-4-5-6-7-8-12(15)13(2,14)11-9-10-11/h11H,3-10,14H2,1-2H3. The van der Waals surface area contributed by atoms with E-state index < -0.39 is 5.54 Å². The second-order valence-electron chi connectivity index (χ2n) is 5.14. The molecule has 2 N–H and O–H groups in total. The maximum atomic E-state index is 11.9. The molecule has 1 saturated carbocycles. The maximum Gasteiger partial charge on any atom is 0.152 e. The molecule has 15 heavy (non-hydrogen) atoms. The Labute approximate surface area is 93.6 Å². The van der Waals surface area contributed by atoms with Crippen LogP contribution in [0.5, 0.6) is 0 Å². The Bertz CT molecular complexity index is 207. The molecule has 2 heteroatoms. The van der Waals surface area contributed by atoms with Gasteiger partial charge >= 0.3 is 0 Å². The summed E-state index contributed by atoms with van der Waals surface area (Å²) >= 11 is 0. The zero-order chi connectivity index (χ0) is 11.3. The summed E-state index contributed by atoms with van der Waals surface area (Å²) in [5.74, 6) is 0.752. The van der Waals surface area contributed by atoms with Gasteiger partial charge in [-0.3, -0.25) is 4.79 Å². The lowest BCUT2D eigenvalue weighted by atomic mass is 9.88. The van der Waals surface area contributed by atoms with Gasteiger partial charge in [-0.2, -0.15) is 0 Å². The van der Waals surface area contributed by atoms with Gasteiger partial charge in [0.15, 0.2) is 5.78 Å². The number of hydrogen-bond acceptors (Lipinski definition) is 2. The van der Waals surface area contributed by atoms with Crippen LogP contribution >= 0.6 is 0 Å². The number of ketones is 1. The summed E-state index contributed by atoms with van der Waals surface area (Å²) in [5.41, 5.74) is 5.53. The molecule has 1 fully saturated rings. The Morgan fingerprint density at radius 2 is 1.87 bits per heavy atom. The largest absolute Gasteiger partial charge is 0.319 e. The molecule has 0 bridgehead atoms. The van der Waals surface area contributed by atoms with Crippen LogP contribution in [-0.2, 0) is 4.79 Å². The number of carbonyl (C=O) groups is 1. The molecule has 0 aromatic carbocycles. The lowest BCUT2D eigenvalue weighted by Gasteiger charge is -2.22. The van der Waals surface area contributed by atoms with Crippen LogP contribution in [0.25, 0.3) is 0 Å². The van der Waals surface area contributed by atoms with Crippen molar-refractivity contribution in [2.24, 2.45) is 11.7 Å². The molecule has 1 unspecified atom stereocenters. The van der Waals surface area contributed by atoms with Crippen molar-refractivity contribution in [3.8, 4) is 0 Å². The molecule has 1 aliphatic rings. The van der Waals surface area contributed by atoms with Crippen LogP contribution in [0, 0.1) is 5.92 Å². The predicted molar refractivity (Wildman–Crippen MR) is 63.7 cm³/mol. The number of rotatable bonds is 8. The molecule has 0 aromatic rings. The molecule has 1 aliphatic carbocycles. The summed E-state index contributed by atoms with van der Waals surface area (Å²) in [6.45, 7) is 4.12. The third-order valence-corrected chi connectivity index (χ3v) is 3.53. The van der Waals surface area contributed by atoms with E-state index >= 15 is 0 Å². The summed E-state index contributed by atoms with van der Waals surface area (Å²) in [6.07, 6.45) is 8.99. The number of carbonyl (C=O) groups excluding carboxylic acids is 1. The van der Waals surface area contributed by atoms with Gasteiger partial charge in [0.25, 0.3) is 0 Å². The van der Waals surface area contributed by atoms with Crippen LogP contribution < -0.4 is 5.73 Å². The van der Waals surface area contributed by atoms with Crippen molar-refractivity contribution in [2.45, 2.75) is 70.8 Å². The second-order valence-corrected chi connectivity index (χ2v) is 5.14. The highest BCUT2D eigenvalue weighted by Crippen LogP contribution is 2.39. The van der Waals surface area contributed by atoms with Gasteiger partial charge in [0.1, 0.15) is 0 Å². The highest BCUT2D eigenvalue weighted by molar-refractivity contribution is 5.88. The molecule has 1 rings (SSSR count). The second kappa shape index (κ2) is 5.64. The minimum Gasteiger partial charge on any atom is -0.319 e. The van der Waals surface area contributed by atoms with Gasteiger partial charge < -0.3 is 5.73 Å². The van der Waals surface area contributed by atoms with Crippen LogP contribution in [0.3, 0.4) is 0 Å². The molecule has 0 aliphatic heterocycles. The average Bonchev–Trinajstić information content (AvgIpc) is 3.00. The minimum atomic E-state index is -0.523. The Morgan fingerprint density at radius 1 is 1.27 bits per heavy atom. The van der Waals surface area contributed by atoms with Crippen molar-refractivity contribution in [3.05, 3.63) is 0 Å². The van der Waals surface area contributed by atoms with Crippen LogP contribution in [0.2, 0.25) is 0 Å². The highest BCUT2D eigenvalue weighted by atomic mass is 16.1. The van der Waals surface area contributed by atoms with E-state index in [4.69, 9.17) is 5.73 Å². The fraction of sp³-hybridized carbons (Fsp3) is 0.923. The molecule has 0 heterocycles. The van der Waals surface area contributed by atoms with E-state index in [1.807, 2.05) is 6.92 Å². The highest BCUT2D eigenvalue weighted by Gasteiger charge is 2.42. The quantitative estimate of drug-likeness (QED) is 0.627. The maximum absolute atomic E-state index is 11.9. The molecule has 0 saturated heterocycles. The Kier molecular flexibility index (Phi) is 4.78. The molecular weight excluding hydrogens is 186 g/mol. The molecule has 2 nitrogen and oxygen atoms in total. The number of hydrogen-bond donors (Lipinski definition) is 1. The molecule has 0 amide bonds. The third-order valence-electron chi connectivity index (χ3n) is 3.53. The van der Waals surface area contributed by atoms with Crippen molar-refractivity contribution in [2.75, 3.05) is 0 Å². The average molecular weight is 211 g/mol. The van der Waals surface area contributed by atoms with Crippen molar-refractivity contribution in [1.29, 1.82) is 0 Å². The molecule has 0 spiro atoms. The summed E-state index contributed by atoms with van der Waals surface area (Å²) in [7, 11) is 0. The minimum absolute atomic E-state index is 0.279. The van der Waals surface area contributed by atoms with Gasteiger partial charge in [-0.05, 0) is 32.1 Å². The summed E-state index contributed by atoms with van der Waals surface area (Å²) in [4.78, 5) is 11.9. The monoisotopic (exact) mass is 211 g/mol. The first-order valence-electron chi connectivity index (χ1n) is 6.41. The van der Waals surface area contributed by atoms with E-state index in [2.05, 4.69) is 6.92 Å². The fourth-order valence-corrected chi connectivity index (χ4v) is 2.07. The van der Waals surface area contributed by atoms with Gasteiger partial charge in [0.2, 0.25) is 0 Å². The molecule has 0 radical (unpaired) electrons. The molecule has 1 atom stereocenters. The predicted octanol–water partition coefficient (Wildman–Crippen LogP) is 3.04. The Balaban J connectivity index is 2.12.